The zero-order valence-corrected chi connectivity index (χ0v) is 11.9. The van der Waals surface area contributed by atoms with Crippen molar-refractivity contribution in [1.82, 2.24) is 5.32 Å². The van der Waals surface area contributed by atoms with E-state index >= 15 is 0 Å². The quantitative estimate of drug-likeness (QED) is 0.844. The van der Waals surface area contributed by atoms with E-state index in [2.05, 4.69) is 5.32 Å². The Hall–Kier alpha value is -0.970. The number of rotatable bonds is 3. The van der Waals surface area contributed by atoms with Gasteiger partial charge < -0.3 is 15.8 Å². The molecule has 1 fully saturated rings. The van der Waals surface area contributed by atoms with Gasteiger partial charge in [-0.1, -0.05) is 23.2 Å². The number of nitrogen functional groups attached to an aromatic ring is 1. The van der Waals surface area contributed by atoms with Crippen LogP contribution < -0.4 is 11.1 Å². The van der Waals surface area contributed by atoms with Crippen LogP contribution in [0.4, 0.5) is 5.69 Å². The van der Waals surface area contributed by atoms with Gasteiger partial charge in [-0.2, -0.15) is 0 Å². The van der Waals surface area contributed by atoms with E-state index in [1.807, 2.05) is 0 Å². The monoisotopic (exact) mass is 302 g/mol. The number of carbonyl (C=O) groups is 1. The van der Waals surface area contributed by atoms with E-state index < -0.39 is 0 Å². The largest absolute Gasteiger partial charge is 0.397 e. The number of hydrogen-bond donors (Lipinski definition) is 2. The van der Waals surface area contributed by atoms with Crippen LogP contribution in [0.2, 0.25) is 10.0 Å². The van der Waals surface area contributed by atoms with Crippen LogP contribution >= 0.6 is 23.2 Å². The Morgan fingerprint density at radius 2 is 2.26 bits per heavy atom. The van der Waals surface area contributed by atoms with Crippen molar-refractivity contribution < 1.29 is 9.53 Å². The van der Waals surface area contributed by atoms with E-state index in [9.17, 15) is 4.79 Å². The van der Waals surface area contributed by atoms with Gasteiger partial charge in [0.2, 0.25) is 0 Å². The van der Waals surface area contributed by atoms with Crippen LogP contribution in [-0.2, 0) is 4.74 Å². The summed E-state index contributed by atoms with van der Waals surface area (Å²) in [4.78, 5) is 12.0. The number of hydrogen-bond acceptors (Lipinski definition) is 3. The van der Waals surface area contributed by atoms with Crippen molar-refractivity contribution in [2.24, 2.45) is 5.92 Å². The highest BCUT2D eigenvalue weighted by Crippen LogP contribution is 2.29. The zero-order chi connectivity index (χ0) is 13.8. The molecule has 0 saturated carbocycles. The van der Waals surface area contributed by atoms with Crippen molar-refractivity contribution in [1.29, 1.82) is 0 Å². The van der Waals surface area contributed by atoms with E-state index in [-0.39, 0.29) is 16.0 Å². The van der Waals surface area contributed by atoms with Gasteiger partial charge in [0, 0.05) is 18.7 Å². The summed E-state index contributed by atoms with van der Waals surface area (Å²) in [7, 11) is 0. The third-order valence-electron chi connectivity index (χ3n) is 3.12. The highest BCUT2D eigenvalue weighted by Gasteiger charge is 2.16. The molecule has 104 valence electrons. The first-order valence-corrected chi connectivity index (χ1v) is 6.94. The number of benzene rings is 1. The molecule has 3 N–H and O–H groups in total. The van der Waals surface area contributed by atoms with Crippen molar-refractivity contribution in [3.8, 4) is 0 Å². The first-order valence-electron chi connectivity index (χ1n) is 6.18. The van der Waals surface area contributed by atoms with Gasteiger partial charge in [-0.15, -0.1) is 0 Å². The predicted octanol–water partition coefficient (Wildman–Crippen LogP) is 2.73. The second-order valence-corrected chi connectivity index (χ2v) is 5.44. The molecule has 6 heteroatoms. The topological polar surface area (TPSA) is 64.4 Å². The SMILES string of the molecule is Nc1cc(C(=O)NCC2CCCOC2)cc(Cl)c1Cl. The molecule has 1 aromatic carbocycles. The lowest BCUT2D eigenvalue weighted by Gasteiger charge is -2.22. The van der Waals surface area contributed by atoms with Crippen LogP contribution in [0.15, 0.2) is 12.1 Å². The summed E-state index contributed by atoms with van der Waals surface area (Å²) in [6.45, 7) is 2.11. The average molecular weight is 303 g/mol. The summed E-state index contributed by atoms with van der Waals surface area (Å²) in [5.41, 5.74) is 6.41. The fraction of sp³-hybridized carbons (Fsp3) is 0.462. The number of amides is 1. The Labute approximate surface area is 122 Å². The lowest BCUT2D eigenvalue weighted by Crippen LogP contribution is -2.33. The molecule has 0 aromatic heterocycles. The minimum atomic E-state index is -0.198. The number of halogens is 2. The Balaban J connectivity index is 1.96. The maximum absolute atomic E-state index is 12.0. The Bertz CT molecular complexity index is 451. The molecule has 4 nitrogen and oxygen atoms in total. The molecule has 0 spiro atoms. The summed E-state index contributed by atoms with van der Waals surface area (Å²) in [6, 6.07) is 3.05. The van der Waals surface area contributed by atoms with Gasteiger partial charge in [0.05, 0.1) is 22.3 Å². The van der Waals surface area contributed by atoms with Gasteiger partial charge in [0.25, 0.3) is 5.91 Å². The van der Waals surface area contributed by atoms with Crippen LogP contribution in [-0.4, -0.2) is 25.7 Å². The first kappa shape index (κ1) is 14.4. The number of ether oxygens (including phenoxy) is 1. The molecule has 1 saturated heterocycles. The van der Waals surface area contributed by atoms with E-state index in [4.69, 9.17) is 33.7 Å². The fourth-order valence-electron chi connectivity index (χ4n) is 2.05. The molecule has 1 heterocycles. The molecular formula is C13H16Cl2N2O2. The van der Waals surface area contributed by atoms with Crippen molar-refractivity contribution in [3.63, 3.8) is 0 Å². The number of nitrogens with two attached hydrogens (primary N) is 1. The maximum atomic E-state index is 12.0. The van der Waals surface area contributed by atoms with E-state index in [0.29, 0.717) is 30.3 Å². The predicted molar refractivity (Wildman–Crippen MR) is 76.8 cm³/mol. The molecule has 0 bridgehead atoms. The molecule has 1 unspecified atom stereocenters. The smallest absolute Gasteiger partial charge is 0.251 e. The van der Waals surface area contributed by atoms with Crippen LogP contribution in [0, 0.1) is 5.92 Å². The van der Waals surface area contributed by atoms with Gasteiger partial charge in [0.1, 0.15) is 0 Å². The Kier molecular flexibility index (Phi) is 4.91. The van der Waals surface area contributed by atoms with Gasteiger partial charge in [0.15, 0.2) is 0 Å². The van der Waals surface area contributed by atoms with E-state index in [0.717, 1.165) is 19.4 Å². The molecule has 1 aliphatic rings. The Morgan fingerprint density at radius 3 is 2.89 bits per heavy atom. The minimum absolute atomic E-state index is 0.198. The van der Waals surface area contributed by atoms with Crippen molar-refractivity contribution in [2.45, 2.75) is 12.8 Å². The van der Waals surface area contributed by atoms with Crippen molar-refractivity contribution in [3.05, 3.63) is 27.7 Å². The summed E-state index contributed by atoms with van der Waals surface area (Å²) in [5.74, 6) is 0.175. The molecule has 19 heavy (non-hydrogen) atoms. The second kappa shape index (κ2) is 6.46. The third kappa shape index (κ3) is 3.75. The van der Waals surface area contributed by atoms with Crippen molar-refractivity contribution in [2.75, 3.05) is 25.5 Å². The third-order valence-corrected chi connectivity index (χ3v) is 3.94. The van der Waals surface area contributed by atoms with Crippen LogP contribution in [0.25, 0.3) is 0 Å². The fourth-order valence-corrected chi connectivity index (χ4v) is 2.38. The van der Waals surface area contributed by atoms with Gasteiger partial charge in [-0.05, 0) is 30.9 Å². The normalized spacial score (nSPS) is 19.2. The molecule has 0 aliphatic carbocycles. The minimum Gasteiger partial charge on any atom is -0.397 e. The Morgan fingerprint density at radius 1 is 1.47 bits per heavy atom. The summed E-state index contributed by atoms with van der Waals surface area (Å²) < 4.78 is 5.36. The van der Waals surface area contributed by atoms with Gasteiger partial charge in [-0.25, -0.2) is 0 Å². The van der Waals surface area contributed by atoms with E-state index in [1.54, 1.807) is 0 Å². The standard InChI is InChI=1S/C13H16Cl2N2O2/c14-10-4-9(5-11(16)12(10)15)13(18)17-6-8-2-1-3-19-7-8/h4-5,8H,1-3,6-7,16H2,(H,17,18). The van der Waals surface area contributed by atoms with Crippen LogP contribution in [0.3, 0.4) is 0 Å². The molecule has 1 amide bonds. The lowest BCUT2D eigenvalue weighted by molar-refractivity contribution is 0.0536. The molecule has 1 aromatic rings. The zero-order valence-electron chi connectivity index (χ0n) is 10.4. The molecule has 0 radical (unpaired) electrons. The molecular weight excluding hydrogens is 287 g/mol. The maximum Gasteiger partial charge on any atom is 0.251 e. The highest BCUT2D eigenvalue weighted by molar-refractivity contribution is 6.43. The summed E-state index contributed by atoms with van der Waals surface area (Å²) in [5, 5.41) is 3.43. The van der Waals surface area contributed by atoms with Gasteiger partial charge >= 0.3 is 0 Å². The van der Waals surface area contributed by atoms with Gasteiger partial charge in [-0.3, -0.25) is 4.79 Å². The van der Waals surface area contributed by atoms with Crippen LogP contribution in [0.5, 0.6) is 0 Å². The van der Waals surface area contributed by atoms with Crippen LogP contribution in [0.1, 0.15) is 23.2 Å². The summed E-state index contributed by atoms with van der Waals surface area (Å²) >= 11 is 11.7. The summed E-state index contributed by atoms with van der Waals surface area (Å²) in [6.07, 6.45) is 2.12. The molecule has 1 atom stereocenters. The highest BCUT2D eigenvalue weighted by atomic mass is 35.5. The number of anilines is 1. The average Bonchev–Trinajstić information content (AvgIpc) is 2.42. The number of nitrogens with one attached hydrogen (secondary N) is 1. The molecule has 2 rings (SSSR count). The lowest BCUT2D eigenvalue weighted by atomic mass is 10.0. The van der Waals surface area contributed by atoms with E-state index in [1.165, 1.54) is 12.1 Å². The molecule has 1 aliphatic heterocycles. The number of carbonyl (C=O) groups excluding carboxylic acids is 1. The second-order valence-electron chi connectivity index (χ2n) is 4.65. The first-order chi connectivity index (χ1) is 9.08. The van der Waals surface area contributed by atoms with Crippen molar-refractivity contribution >= 4 is 34.8 Å².